The molecule has 5 aromatic rings. The van der Waals surface area contributed by atoms with E-state index in [1.807, 2.05) is 56.6 Å². The smallest absolute Gasteiger partial charge is 0.282 e. The molecular weight excluding hydrogens is 758 g/mol. The van der Waals surface area contributed by atoms with E-state index < -0.39 is 15.9 Å². The van der Waals surface area contributed by atoms with E-state index in [0.29, 0.717) is 3.82 Å². The third-order valence-corrected chi connectivity index (χ3v) is 13.0. The number of benzene rings is 5. The van der Waals surface area contributed by atoms with Crippen LogP contribution in [0.4, 0.5) is 11.4 Å². The molecule has 54 heavy (non-hydrogen) atoms. The Kier molecular flexibility index (Phi) is 13.6. The Bertz CT molecular complexity index is 2080. The zero-order valence-electron chi connectivity index (χ0n) is 30.4. The molecule has 282 valence electrons. The first kappa shape index (κ1) is 39.7. The molecule has 1 N–H and O–H groups in total. The normalized spacial score (nSPS) is 14.2. The summed E-state index contributed by atoms with van der Waals surface area (Å²) >= 11 is 14.2. The van der Waals surface area contributed by atoms with Crippen molar-refractivity contribution in [1.82, 2.24) is 13.6 Å². The van der Waals surface area contributed by atoms with Crippen molar-refractivity contribution in [1.29, 1.82) is 0 Å². The molecule has 5 aromatic carbocycles. The quantitative estimate of drug-likeness (QED) is 0.0832. The van der Waals surface area contributed by atoms with Gasteiger partial charge in [-0.15, -0.1) is 15.6 Å². The Morgan fingerprint density at radius 1 is 0.815 bits per heavy atom. The number of nitrogens with one attached hydrogen (secondary N) is 1. The average Bonchev–Trinajstić information content (AvgIpc) is 3.20. The Morgan fingerprint density at radius 3 is 2.13 bits per heavy atom. The fraction of sp³-hybridized carbons (Fsp3) is 0.262. The van der Waals surface area contributed by atoms with Gasteiger partial charge in [0, 0.05) is 83.2 Å². The molecule has 12 heteroatoms. The molecule has 0 radical (unpaired) electrons. The highest BCUT2D eigenvalue weighted by Crippen LogP contribution is 2.28. The molecule has 0 bridgehead atoms. The number of anilines is 2. The molecule has 0 unspecified atom stereocenters. The van der Waals surface area contributed by atoms with Crippen molar-refractivity contribution in [3.63, 3.8) is 0 Å². The molecule has 1 fully saturated rings. The molecule has 6 rings (SSSR count). The largest absolute Gasteiger partial charge is 0.381 e. The van der Waals surface area contributed by atoms with Gasteiger partial charge in [0.15, 0.2) is 0 Å². The Hall–Kier alpha value is -4.03. The second-order valence-corrected chi connectivity index (χ2v) is 17.4. The Labute approximate surface area is 333 Å². The SMILES string of the molecule is CN(C)CC[C@H](CSc1ccccc1)Nc1ccc(S(=O)(=O)N(Cl)C(=O)c2ccc(N3CCN(Cc4ccccc4-c4ccc(Cl)cc4)CC3)cc2)cc1. The third-order valence-electron chi connectivity index (χ3n) is 9.43. The summed E-state index contributed by atoms with van der Waals surface area (Å²) in [5.41, 5.74) is 5.56. The van der Waals surface area contributed by atoms with Gasteiger partial charge in [0.05, 0.1) is 4.90 Å². The van der Waals surface area contributed by atoms with Gasteiger partial charge in [-0.25, -0.2) is 0 Å². The number of hydrogen-bond donors (Lipinski definition) is 1. The molecule has 1 amide bonds. The van der Waals surface area contributed by atoms with Gasteiger partial charge in [0.1, 0.15) is 0 Å². The molecule has 8 nitrogen and oxygen atoms in total. The highest BCUT2D eigenvalue weighted by molar-refractivity contribution is 7.99. The van der Waals surface area contributed by atoms with Gasteiger partial charge in [0.2, 0.25) is 0 Å². The lowest BCUT2D eigenvalue weighted by molar-refractivity contribution is 0.0923. The van der Waals surface area contributed by atoms with Crippen molar-refractivity contribution in [2.75, 3.05) is 62.8 Å². The lowest BCUT2D eigenvalue weighted by Crippen LogP contribution is -2.46. The van der Waals surface area contributed by atoms with Crippen LogP contribution in [0.1, 0.15) is 22.3 Å². The lowest BCUT2D eigenvalue weighted by Gasteiger charge is -2.36. The van der Waals surface area contributed by atoms with Crippen LogP contribution >= 0.6 is 35.1 Å². The molecule has 1 atom stereocenters. The number of thioether (sulfide) groups is 1. The maximum absolute atomic E-state index is 13.4. The van der Waals surface area contributed by atoms with Gasteiger partial charge in [0.25, 0.3) is 15.9 Å². The zero-order valence-corrected chi connectivity index (χ0v) is 33.6. The maximum atomic E-state index is 13.4. The molecule has 0 aliphatic carbocycles. The van der Waals surface area contributed by atoms with Crippen LogP contribution in [0.5, 0.6) is 0 Å². The van der Waals surface area contributed by atoms with E-state index in [1.54, 1.807) is 36.0 Å². The van der Waals surface area contributed by atoms with E-state index in [4.69, 9.17) is 23.4 Å². The van der Waals surface area contributed by atoms with E-state index >= 15 is 0 Å². The fourth-order valence-electron chi connectivity index (χ4n) is 6.38. The minimum Gasteiger partial charge on any atom is -0.381 e. The summed E-state index contributed by atoms with van der Waals surface area (Å²) in [6, 6.07) is 40.1. The van der Waals surface area contributed by atoms with E-state index in [1.165, 1.54) is 28.2 Å². The minimum atomic E-state index is -4.30. The molecule has 0 saturated carbocycles. The summed E-state index contributed by atoms with van der Waals surface area (Å²) in [5, 5.41) is 4.27. The summed E-state index contributed by atoms with van der Waals surface area (Å²) in [7, 11) is -0.207. The van der Waals surface area contributed by atoms with Gasteiger partial charge < -0.3 is 15.1 Å². The van der Waals surface area contributed by atoms with Crippen LogP contribution < -0.4 is 10.2 Å². The maximum Gasteiger partial charge on any atom is 0.282 e. The van der Waals surface area contributed by atoms with E-state index in [2.05, 4.69) is 68.5 Å². The molecular formula is C42H45Cl2N5O3S2. The second kappa shape index (κ2) is 18.5. The summed E-state index contributed by atoms with van der Waals surface area (Å²) in [4.78, 5) is 21.3. The number of halogens is 2. The van der Waals surface area contributed by atoms with Gasteiger partial charge in [-0.1, -0.05) is 66.2 Å². The first-order valence-electron chi connectivity index (χ1n) is 17.9. The minimum absolute atomic E-state index is 0.0646. The number of sulfonamides is 1. The van der Waals surface area contributed by atoms with Crippen molar-refractivity contribution in [3.05, 3.63) is 144 Å². The zero-order chi connectivity index (χ0) is 38.1. The number of carbonyl (C=O) groups excluding carboxylic acids is 1. The van der Waals surface area contributed by atoms with Crippen molar-refractivity contribution in [3.8, 4) is 11.1 Å². The number of rotatable bonds is 15. The van der Waals surface area contributed by atoms with E-state index in [9.17, 15) is 13.2 Å². The van der Waals surface area contributed by atoms with Crippen LogP contribution in [-0.2, 0) is 16.6 Å². The monoisotopic (exact) mass is 801 g/mol. The average molecular weight is 803 g/mol. The molecule has 0 spiro atoms. The van der Waals surface area contributed by atoms with E-state index in [-0.39, 0.29) is 16.5 Å². The topological polar surface area (TPSA) is 76.2 Å². The predicted octanol–water partition coefficient (Wildman–Crippen LogP) is 8.84. The molecule has 0 aromatic heterocycles. The molecule has 1 saturated heterocycles. The standard InChI is InChI=1S/C42H45Cl2N5O3S2/c1-46(2)25-24-37(31-53-39-9-4-3-5-10-39)45-36-18-22-40(23-19-36)54(51,52)49(44)42(50)33-14-20-38(21-15-33)48-28-26-47(27-29-48)30-34-8-6-7-11-41(34)32-12-16-35(43)17-13-32/h3-23,37,45H,24-31H2,1-2H3/t37-/m1/s1. The van der Waals surface area contributed by atoms with Gasteiger partial charge in [-0.05, 0) is 117 Å². The predicted molar refractivity (Wildman–Crippen MR) is 224 cm³/mol. The highest BCUT2D eigenvalue weighted by Gasteiger charge is 2.29. The summed E-state index contributed by atoms with van der Waals surface area (Å²) in [6.45, 7) is 5.13. The van der Waals surface area contributed by atoms with Crippen LogP contribution in [0.25, 0.3) is 11.1 Å². The Morgan fingerprint density at radius 2 is 1.46 bits per heavy atom. The highest BCUT2D eigenvalue weighted by atomic mass is 35.5. The Balaban J connectivity index is 1.03. The number of hydrogen-bond acceptors (Lipinski definition) is 8. The number of amides is 1. The van der Waals surface area contributed by atoms with Crippen LogP contribution in [0.3, 0.4) is 0 Å². The van der Waals surface area contributed by atoms with E-state index in [0.717, 1.165) is 73.4 Å². The summed E-state index contributed by atoms with van der Waals surface area (Å²) < 4.78 is 27.2. The van der Waals surface area contributed by atoms with Gasteiger partial charge in [-0.3, -0.25) is 9.69 Å². The van der Waals surface area contributed by atoms with Gasteiger partial charge in [-0.2, -0.15) is 8.42 Å². The van der Waals surface area contributed by atoms with Crippen LogP contribution in [0.15, 0.2) is 137 Å². The molecule has 1 heterocycles. The number of nitrogens with zero attached hydrogens (tertiary/aromatic N) is 4. The lowest BCUT2D eigenvalue weighted by atomic mass is 9.99. The van der Waals surface area contributed by atoms with Crippen LogP contribution in [0, 0.1) is 0 Å². The van der Waals surface area contributed by atoms with Crippen molar-refractivity contribution in [2.45, 2.75) is 28.8 Å². The third kappa shape index (κ3) is 10.4. The summed E-state index contributed by atoms with van der Waals surface area (Å²) in [5.74, 6) is 0.0360. The van der Waals surface area contributed by atoms with Crippen molar-refractivity contribution < 1.29 is 13.2 Å². The first-order chi connectivity index (χ1) is 26.1. The second-order valence-electron chi connectivity index (χ2n) is 13.6. The summed E-state index contributed by atoms with van der Waals surface area (Å²) in [6.07, 6.45) is 0.909. The van der Waals surface area contributed by atoms with Gasteiger partial charge >= 0.3 is 0 Å². The van der Waals surface area contributed by atoms with Crippen LogP contribution in [-0.4, -0.2) is 86.6 Å². The van der Waals surface area contributed by atoms with Crippen molar-refractivity contribution >= 4 is 62.4 Å². The number of piperazine rings is 1. The van der Waals surface area contributed by atoms with Crippen molar-refractivity contribution in [2.24, 2.45) is 0 Å². The van der Waals surface area contributed by atoms with Crippen LogP contribution in [0.2, 0.25) is 5.02 Å². The number of carbonyl (C=O) groups is 1. The molecule has 1 aliphatic heterocycles. The fourth-order valence-corrected chi connectivity index (χ4v) is 8.82. The molecule has 1 aliphatic rings. The first-order valence-corrected chi connectivity index (χ1v) is 21.1.